The van der Waals surface area contributed by atoms with Gasteiger partial charge in [0.1, 0.15) is 12.4 Å². The second-order valence-electron chi connectivity index (χ2n) is 9.09. The first-order valence-electron chi connectivity index (χ1n) is 11.9. The van der Waals surface area contributed by atoms with E-state index in [-0.39, 0.29) is 30.1 Å². The van der Waals surface area contributed by atoms with E-state index >= 15 is 0 Å². The molecule has 1 aromatic carbocycles. The van der Waals surface area contributed by atoms with Crippen LogP contribution in [0.5, 0.6) is 0 Å². The number of benzene rings is 1. The van der Waals surface area contributed by atoms with Gasteiger partial charge in [0.15, 0.2) is 11.8 Å². The van der Waals surface area contributed by atoms with Gasteiger partial charge in [0.25, 0.3) is 0 Å². The first kappa shape index (κ1) is 25.9. The molecule has 2 fully saturated rings. The van der Waals surface area contributed by atoms with Gasteiger partial charge >= 0.3 is 0 Å². The normalized spacial score (nSPS) is 20.0. The number of rotatable bonds is 7. The average Bonchev–Trinajstić information content (AvgIpc) is 3.42. The Morgan fingerprint density at radius 3 is 2.67 bits per heavy atom. The number of guanidine groups is 1. The molecule has 9 heteroatoms. The number of nitrogens with one attached hydrogen (secondary N) is 2. The molecule has 0 saturated carbocycles. The molecule has 2 N–H and O–H groups in total. The van der Waals surface area contributed by atoms with Crippen LogP contribution in [-0.2, 0) is 24.9 Å². The van der Waals surface area contributed by atoms with Crippen molar-refractivity contribution in [2.75, 3.05) is 26.2 Å². The zero-order chi connectivity index (χ0) is 22.3. The quantitative estimate of drug-likeness (QED) is 0.305. The van der Waals surface area contributed by atoms with Gasteiger partial charge in [-0.15, -0.1) is 34.2 Å². The van der Waals surface area contributed by atoms with Gasteiger partial charge < -0.3 is 19.9 Å². The Morgan fingerprint density at radius 1 is 1.18 bits per heavy atom. The molecule has 2 aliphatic rings. The van der Waals surface area contributed by atoms with Crippen LogP contribution in [0.1, 0.15) is 48.5 Å². The van der Waals surface area contributed by atoms with E-state index in [0.717, 1.165) is 76.1 Å². The molecule has 2 aromatic rings. The first-order valence-corrected chi connectivity index (χ1v) is 11.9. The summed E-state index contributed by atoms with van der Waals surface area (Å²) in [5.74, 6) is 2.62. The predicted octanol–water partition coefficient (Wildman–Crippen LogP) is 2.93. The monoisotopic (exact) mass is 567 g/mol. The second-order valence-corrected chi connectivity index (χ2v) is 9.09. The van der Waals surface area contributed by atoms with Crippen LogP contribution in [0, 0.1) is 13.8 Å². The van der Waals surface area contributed by atoms with E-state index in [2.05, 4.69) is 56.9 Å². The van der Waals surface area contributed by atoms with Crippen LogP contribution in [0.4, 0.5) is 0 Å². The van der Waals surface area contributed by atoms with Gasteiger partial charge in [-0.1, -0.05) is 29.8 Å². The Labute approximate surface area is 214 Å². The molecule has 3 heterocycles. The van der Waals surface area contributed by atoms with E-state index in [4.69, 9.17) is 9.73 Å². The fourth-order valence-electron chi connectivity index (χ4n) is 4.40. The van der Waals surface area contributed by atoms with Crippen molar-refractivity contribution in [3.63, 3.8) is 0 Å². The summed E-state index contributed by atoms with van der Waals surface area (Å²) in [6.07, 6.45) is 4.74. The number of hydrogen-bond donors (Lipinski definition) is 2. The third-order valence-electron chi connectivity index (χ3n) is 6.50. The number of ether oxygens (including phenoxy) is 1. The van der Waals surface area contributed by atoms with Crippen molar-refractivity contribution < 1.29 is 4.74 Å². The Balaban J connectivity index is 0.00000306. The Morgan fingerprint density at radius 2 is 2.00 bits per heavy atom. The molecular formula is C24H38IN7O. The van der Waals surface area contributed by atoms with Crippen LogP contribution in [0.15, 0.2) is 29.3 Å². The lowest BCUT2D eigenvalue weighted by atomic mass is 10.0. The number of nitrogens with zero attached hydrogens (tertiary/aromatic N) is 5. The number of aryl methyl sites for hydroxylation is 2. The molecule has 4 rings (SSSR count). The van der Waals surface area contributed by atoms with Gasteiger partial charge in [-0.25, -0.2) is 4.99 Å². The van der Waals surface area contributed by atoms with Gasteiger partial charge in [-0.2, -0.15) is 0 Å². The molecule has 0 aliphatic carbocycles. The molecule has 1 atom stereocenters. The number of likely N-dealkylation sites (tertiary alicyclic amines) is 1. The molecule has 182 valence electrons. The highest BCUT2D eigenvalue weighted by Gasteiger charge is 2.21. The van der Waals surface area contributed by atoms with Crippen LogP contribution < -0.4 is 10.6 Å². The summed E-state index contributed by atoms with van der Waals surface area (Å²) in [6, 6.07) is 9.25. The molecule has 2 saturated heterocycles. The van der Waals surface area contributed by atoms with Crippen molar-refractivity contribution in [2.45, 2.75) is 64.8 Å². The number of piperidine rings is 1. The Bertz CT molecular complexity index is 902. The average molecular weight is 568 g/mol. The molecule has 8 nitrogen and oxygen atoms in total. The minimum atomic E-state index is 0. The van der Waals surface area contributed by atoms with Gasteiger partial charge in [0, 0.05) is 45.9 Å². The minimum Gasteiger partial charge on any atom is -0.376 e. The summed E-state index contributed by atoms with van der Waals surface area (Å²) in [4.78, 5) is 7.37. The van der Waals surface area contributed by atoms with Crippen LogP contribution in [0.2, 0.25) is 0 Å². The zero-order valence-corrected chi connectivity index (χ0v) is 22.4. The molecule has 0 amide bonds. The molecule has 0 bridgehead atoms. The highest BCUT2D eigenvalue weighted by molar-refractivity contribution is 14.0. The lowest BCUT2D eigenvalue weighted by Crippen LogP contribution is -2.49. The highest BCUT2D eigenvalue weighted by atomic mass is 127. The Kier molecular flexibility index (Phi) is 9.94. The second kappa shape index (κ2) is 12.7. The van der Waals surface area contributed by atoms with Crippen LogP contribution in [-0.4, -0.2) is 64.0 Å². The van der Waals surface area contributed by atoms with E-state index in [1.165, 1.54) is 11.1 Å². The molecule has 0 spiro atoms. The van der Waals surface area contributed by atoms with Crippen LogP contribution >= 0.6 is 24.0 Å². The highest BCUT2D eigenvalue weighted by Crippen LogP contribution is 2.15. The van der Waals surface area contributed by atoms with Crippen molar-refractivity contribution >= 4 is 29.9 Å². The summed E-state index contributed by atoms with van der Waals surface area (Å²) >= 11 is 0. The van der Waals surface area contributed by atoms with E-state index in [1.54, 1.807) is 0 Å². The molecular weight excluding hydrogens is 529 g/mol. The lowest BCUT2D eigenvalue weighted by molar-refractivity contribution is 0.113. The first-order chi connectivity index (χ1) is 15.6. The van der Waals surface area contributed by atoms with Crippen molar-refractivity contribution in [3.8, 4) is 0 Å². The maximum Gasteiger partial charge on any atom is 0.192 e. The number of hydrogen-bond acceptors (Lipinski definition) is 5. The smallest absolute Gasteiger partial charge is 0.192 e. The van der Waals surface area contributed by atoms with E-state index in [1.807, 2.05) is 18.5 Å². The van der Waals surface area contributed by atoms with Gasteiger partial charge in [0.05, 0.1) is 6.10 Å². The largest absolute Gasteiger partial charge is 0.376 e. The third-order valence-corrected chi connectivity index (χ3v) is 6.50. The van der Waals surface area contributed by atoms with Gasteiger partial charge in [-0.3, -0.25) is 4.90 Å². The van der Waals surface area contributed by atoms with Crippen LogP contribution in [0.3, 0.4) is 0 Å². The van der Waals surface area contributed by atoms with Crippen molar-refractivity contribution in [1.82, 2.24) is 30.3 Å². The summed E-state index contributed by atoms with van der Waals surface area (Å²) in [7, 11) is 1.98. The van der Waals surface area contributed by atoms with Crippen LogP contribution in [0.25, 0.3) is 0 Å². The molecule has 33 heavy (non-hydrogen) atoms. The maximum atomic E-state index is 5.78. The number of halogens is 1. The lowest BCUT2D eigenvalue weighted by Gasteiger charge is -2.33. The Hall–Kier alpha value is -1.72. The SMILES string of the molecule is Cc1cccc(CN2CCC(NC(=NCc3nnc(C)n3C)NCC3CCCO3)CC2)c1.I. The fourth-order valence-corrected chi connectivity index (χ4v) is 4.40. The summed E-state index contributed by atoms with van der Waals surface area (Å²) in [5.41, 5.74) is 2.73. The third kappa shape index (κ3) is 7.65. The molecule has 0 radical (unpaired) electrons. The molecule has 1 aromatic heterocycles. The van der Waals surface area contributed by atoms with Gasteiger partial charge in [-0.05, 0) is 45.1 Å². The van der Waals surface area contributed by atoms with Crippen molar-refractivity contribution in [1.29, 1.82) is 0 Å². The predicted molar refractivity (Wildman–Crippen MR) is 142 cm³/mol. The van der Waals surface area contributed by atoms with E-state index in [0.29, 0.717) is 12.6 Å². The maximum absolute atomic E-state index is 5.78. The number of aromatic nitrogens is 3. The molecule has 2 aliphatic heterocycles. The van der Waals surface area contributed by atoms with E-state index in [9.17, 15) is 0 Å². The summed E-state index contributed by atoms with van der Waals surface area (Å²) in [6.45, 7) is 9.48. The van der Waals surface area contributed by atoms with E-state index < -0.39 is 0 Å². The van der Waals surface area contributed by atoms with Gasteiger partial charge in [0.2, 0.25) is 0 Å². The summed E-state index contributed by atoms with van der Waals surface area (Å²) < 4.78 is 7.77. The summed E-state index contributed by atoms with van der Waals surface area (Å²) in [5, 5.41) is 15.6. The standard InChI is InChI=1S/C24H37N7O.HI/c1-18-6-4-7-20(14-18)17-31-11-9-21(10-12-31)27-24(25-15-22-8-5-13-32-22)26-16-23-29-28-19(2)30(23)3;/h4,6-7,14,21-22H,5,8-13,15-17H2,1-3H3,(H2,25,26,27);1H. The fraction of sp³-hybridized carbons (Fsp3) is 0.625. The van der Waals surface area contributed by atoms with Crippen molar-refractivity contribution in [2.24, 2.45) is 12.0 Å². The zero-order valence-electron chi connectivity index (χ0n) is 20.1. The number of aliphatic imine (C=N–C) groups is 1. The molecule has 1 unspecified atom stereocenters. The topological polar surface area (TPSA) is 79.6 Å². The minimum absolute atomic E-state index is 0. The van der Waals surface area contributed by atoms with Crippen molar-refractivity contribution in [3.05, 3.63) is 47.0 Å².